The standard InChI is InChI=1S/C20H19F3N4O2/c1-12-5-3-6-13(2)17(12)27-16(11-14(26-27)8-9-20(21,22)23)25-18-15(19(28)29)7-4-10-24-18/h3-7,10-11H,8-9H2,1-2H3,(H,24,25)(H,28,29). The van der Waals surface area contributed by atoms with Gasteiger partial charge in [0.1, 0.15) is 17.2 Å². The molecule has 9 heteroatoms. The number of carbonyl (C=O) groups is 1. The fourth-order valence-corrected chi connectivity index (χ4v) is 3.02. The molecule has 0 fully saturated rings. The predicted molar refractivity (Wildman–Crippen MR) is 102 cm³/mol. The number of carboxylic acid groups (broad SMARTS) is 1. The molecule has 152 valence electrons. The Hall–Kier alpha value is -3.36. The highest BCUT2D eigenvalue weighted by atomic mass is 19.4. The van der Waals surface area contributed by atoms with Crippen molar-refractivity contribution in [3.8, 4) is 5.69 Å². The molecule has 0 aliphatic rings. The van der Waals surface area contributed by atoms with Gasteiger partial charge >= 0.3 is 12.1 Å². The maximum Gasteiger partial charge on any atom is 0.389 e. The molecule has 3 rings (SSSR count). The van der Waals surface area contributed by atoms with E-state index in [9.17, 15) is 23.1 Å². The summed E-state index contributed by atoms with van der Waals surface area (Å²) in [4.78, 5) is 15.5. The van der Waals surface area contributed by atoms with Crippen molar-refractivity contribution in [1.82, 2.24) is 14.8 Å². The summed E-state index contributed by atoms with van der Waals surface area (Å²) in [5, 5.41) is 16.6. The first-order chi connectivity index (χ1) is 13.7. The van der Waals surface area contributed by atoms with Crippen LogP contribution in [0.25, 0.3) is 5.69 Å². The average Bonchev–Trinajstić information content (AvgIpc) is 3.02. The highest BCUT2D eigenvalue weighted by Crippen LogP contribution is 2.28. The molecule has 0 bridgehead atoms. The van der Waals surface area contributed by atoms with Crippen LogP contribution in [0.2, 0.25) is 0 Å². The van der Waals surface area contributed by atoms with E-state index < -0.39 is 18.6 Å². The highest BCUT2D eigenvalue weighted by molar-refractivity contribution is 5.93. The third kappa shape index (κ3) is 4.74. The van der Waals surface area contributed by atoms with Crippen LogP contribution < -0.4 is 5.32 Å². The number of benzene rings is 1. The Morgan fingerprint density at radius 1 is 1.17 bits per heavy atom. The number of rotatable bonds is 6. The number of hydrogen-bond donors (Lipinski definition) is 2. The second-order valence-electron chi connectivity index (χ2n) is 6.62. The smallest absolute Gasteiger partial charge is 0.389 e. The van der Waals surface area contributed by atoms with E-state index in [0.29, 0.717) is 11.5 Å². The Kier molecular flexibility index (Phi) is 5.58. The van der Waals surface area contributed by atoms with Crippen LogP contribution in [-0.4, -0.2) is 32.0 Å². The van der Waals surface area contributed by atoms with Gasteiger partial charge in [-0.05, 0) is 37.1 Å². The Labute approximate surface area is 165 Å². The van der Waals surface area contributed by atoms with E-state index >= 15 is 0 Å². The number of pyridine rings is 1. The van der Waals surface area contributed by atoms with E-state index in [1.54, 1.807) is 0 Å². The lowest BCUT2D eigenvalue weighted by atomic mass is 10.1. The van der Waals surface area contributed by atoms with E-state index in [0.717, 1.165) is 11.1 Å². The number of para-hydroxylation sites is 1. The zero-order valence-electron chi connectivity index (χ0n) is 15.8. The molecule has 3 aromatic rings. The minimum absolute atomic E-state index is 0.0569. The van der Waals surface area contributed by atoms with Crippen LogP contribution in [0, 0.1) is 13.8 Å². The molecule has 2 heterocycles. The summed E-state index contributed by atoms with van der Waals surface area (Å²) in [6.45, 7) is 3.74. The number of nitrogens with zero attached hydrogens (tertiary/aromatic N) is 3. The van der Waals surface area contributed by atoms with Crippen LogP contribution in [0.1, 0.15) is 33.6 Å². The summed E-state index contributed by atoms with van der Waals surface area (Å²) in [6, 6.07) is 9.97. The Bertz CT molecular complexity index is 1020. The Balaban J connectivity index is 2.07. The first-order valence-corrected chi connectivity index (χ1v) is 8.83. The second-order valence-corrected chi connectivity index (χ2v) is 6.62. The molecule has 0 aliphatic carbocycles. The fraction of sp³-hybridized carbons (Fsp3) is 0.250. The molecule has 1 aromatic carbocycles. The lowest BCUT2D eigenvalue weighted by molar-refractivity contribution is -0.134. The lowest BCUT2D eigenvalue weighted by Gasteiger charge is -2.14. The molecule has 29 heavy (non-hydrogen) atoms. The van der Waals surface area contributed by atoms with Crippen LogP contribution >= 0.6 is 0 Å². The molecule has 0 atom stereocenters. The van der Waals surface area contributed by atoms with Gasteiger partial charge in [0, 0.05) is 25.1 Å². The first-order valence-electron chi connectivity index (χ1n) is 8.83. The number of hydrogen-bond acceptors (Lipinski definition) is 4. The normalized spacial score (nSPS) is 11.5. The second kappa shape index (κ2) is 7.94. The molecule has 0 saturated heterocycles. The summed E-state index contributed by atoms with van der Waals surface area (Å²) < 4.78 is 39.5. The lowest BCUT2D eigenvalue weighted by Crippen LogP contribution is -2.10. The third-order valence-corrected chi connectivity index (χ3v) is 4.36. The molecule has 0 spiro atoms. The van der Waals surface area contributed by atoms with Crippen molar-refractivity contribution in [1.29, 1.82) is 0 Å². The van der Waals surface area contributed by atoms with Crippen molar-refractivity contribution in [2.24, 2.45) is 0 Å². The number of aromatic nitrogens is 3. The summed E-state index contributed by atoms with van der Waals surface area (Å²) in [5.74, 6) is -0.758. The molecule has 0 radical (unpaired) electrons. The quantitative estimate of drug-likeness (QED) is 0.616. The van der Waals surface area contributed by atoms with E-state index in [2.05, 4.69) is 15.4 Å². The molecule has 6 nitrogen and oxygen atoms in total. The number of aromatic carboxylic acids is 1. The highest BCUT2D eigenvalue weighted by Gasteiger charge is 2.27. The van der Waals surface area contributed by atoms with Gasteiger partial charge in [-0.1, -0.05) is 18.2 Å². The SMILES string of the molecule is Cc1cccc(C)c1-n1nc(CCC(F)(F)F)cc1Nc1ncccc1C(=O)O. The van der Waals surface area contributed by atoms with Crippen LogP contribution in [0.4, 0.5) is 24.8 Å². The zero-order valence-corrected chi connectivity index (χ0v) is 15.8. The number of nitrogens with one attached hydrogen (secondary N) is 1. The number of anilines is 2. The van der Waals surface area contributed by atoms with Gasteiger partial charge < -0.3 is 10.4 Å². The minimum atomic E-state index is -4.30. The Morgan fingerprint density at radius 2 is 1.86 bits per heavy atom. The Morgan fingerprint density at radius 3 is 2.48 bits per heavy atom. The largest absolute Gasteiger partial charge is 0.478 e. The first kappa shape index (κ1) is 20.4. The predicted octanol–water partition coefficient (Wildman–Crippen LogP) is 4.82. The van der Waals surface area contributed by atoms with Gasteiger partial charge in [0.25, 0.3) is 0 Å². The van der Waals surface area contributed by atoms with Gasteiger partial charge in [0.05, 0.1) is 11.4 Å². The van der Waals surface area contributed by atoms with E-state index in [-0.39, 0.29) is 23.5 Å². The number of alkyl halides is 3. The molecular weight excluding hydrogens is 385 g/mol. The van der Waals surface area contributed by atoms with Crippen molar-refractivity contribution in [3.05, 3.63) is 65.0 Å². The summed E-state index contributed by atoms with van der Waals surface area (Å²) >= 11 is 0. The molecule has 2 aromatic heterocycles. The molecule has 0 unspecified atom stereocenters. The molecule has 0 saturated carbocycles. The number of carboxylic acids is 1. The summed E-state index contributed by atoms with van der Waals surface area (Å²) in [5.41, 5.74) is 2.64. The van der Waals surface area contributed by atoms with Crippen LogP contribution in [0.15, 0.2) is 42.6 Å². The van der Waals surface area contributed by atoms with Crippen LogP contribution in [0.3, 0.4) is 0 Å². The topological polar surface area (TPSA) is 80.0 Å². The van der Waals surface area contributed by atoms with Crippen LogP contribution in [0.5, 0.6) is 0 Å². The number of halogens is 3. The van der Waals surface area contributed by atoms with Crippen molar-refractivity contribution >= 4 is 17.6 Å². The summed E-state index contributed by atoms with van der Waals surface area (Å²) in [6.07, 6.45) is -4.16. The average molecular weight is 404 g/mol. The van der Waals surface area contributed by atoms with Gasteiger partial charge in [0.15, 0.2) is 0 Å². The third-order valence-electron chi connectivity index (χ3n) is 4.36. The van der Waals surface area contributed by atoms with Gasteiger partial charge in [0.2, 0.25) is 0 Å². The van der Waals surface area contributed by atoms with Gasteiger partial charge in [-0.25, -0.2) is 14.5 Å². The van der Waals surface area contributed by atoms with Crippen molar-refractivity contribution < 1.29 is 23.1 Å². The van der Waals surface area contributed by atoms with Gasteiger partial charge in [-0.2, -0.15) is 18.3 Å². The van der Waals surface area contributed by atoms with Crippen molar-refractivity contribution in [2.45, 2.75) is 32.9 Å². The van der Waals surface area contributed by atoms with Crippen molar-refractivity contribution in [2.75, 3.05) is 5.32 Å². The number of aryl methyl sites for hydroxylation is 3. The van der Waals surface area contributed by atoms with Gasteiger partial charge in [-0.15, -0.1) is 0 Å². The van der Waals surface area contributed by atoms with Crippen molar-refractivity contribution in [3.63, 3.8) is 0 Å². The van der Waals surface area contributed by atoms with Crippen LogP contribution in [-0.2, 0) is 6.42 Å². The fourth-order valence-electron chi connectivity index (χ4n) is 3.02. The molecular formula is C20H19F3N4O2. The monoisotopic (exact) mass is 404 g/mol. The zero-order chi connectivity index (χ0) is 21.2. The molecule has 2 N–H and O–H groups in total. The van der Waals surface area contributed by atoms with Gasteiger partial charge in [-0.3, -0.25) is 0 Å². The minimum Gasteiger partial charge on any atom is -0.478 e. The summed E-state index contributed by atoms with van der Waals surface area (Å²) in [7, 11) is 0. The molecule has 0 amide bonds. The molecule has 0 aliphatic heterocycles. The van der Waals surface area contributed by atoms with E-state index in [1.165, 1.54) is 29.1 Å². The maximum atomic E-state index is 12.7. The van der Waals surface area contributed by atoms with E-state index in [1.807, 2.05) is 32.0 Å². The van der Waals surface area contributed by atoms with E-state index in [4.69, 9.17) is 0 Å². The maximum absolute atomic E-state index is 12.7.